The van der Waals surface area contributed by atoms with Gasteiger partial charge in [0.2, 0.25) is 0 Å². The van der Waals surface area contributed by atoms with Gasteiger partial charge in [0.25, 0.3) is 0 Å². The quantitative estimate of drug-likeness (QED) is 0.502. The number of hydrogen-bond donors (Lipinski definition) is 4. The first-order valence-electron chi connectivity index (χ1n) is 6.07. The first kappa shape index (κ1) is 15.7. The summed E-state index contributed by atoms with van der Waals surface area (Å²) in [5.41, 5.74) is 0. The maximum atomic E-state index is 11.9. The molecule has 0 aromatic rings. The molecule has 0 radical (unpaired) electrons. The van der Waals surface area contributed by atoms with Crippen LogP contribution in [-0.4, -0.2) is 76.3 Å². The van der Waals surface area contributed by atoms with Gasteiger partial charge in [-0.25, -0.2) is 9.59 Å². The third-order valence-corrected chi connectivity index (χ3v) is 2.84. The number of hydrogen-bond acceptors (Lipinski definition) is 5. The number of urea groups is 1. The third-order valence-electron chi connectivity index (χ3n) is 2.84. The van der Waals surface area contributed by atoms with Crippen molar-refractivity contribution < 1.29 is 29.6 Å². The summed E-state index contributed by atoms with van der Waals surface area (Å²) >= 11 is 0. The molecule has 0 spiro atoms. The molecule has 1 saturated heterocycles. The lowest BCUT2D eigenvalue weighted by molar-refractivity contribution is -0.142. The Balaban J connectivity index is 2.63. The Hall–Kier alpha value is -1.38. The van der Waals surface area contributed by atoms with Gasteiger partial charge in [-0.2, -0.15) is 0 Å². The number of ether oxygens (including phenoxy) is 1. The van der Waals surface area contributed by atoms with Crippen LogP contribution < -0.4 is 5.32 Å². The summed E-state index contributed by atoms with van der Waals surface area (Å²) in [6, 6.07) is -1.96. The summed E-state index contributed by atoms with van der Waals surface area (Å²) in [6.07, 6.45) is -1.93. The van der Waals surface area contributed by atoms with Gasteiger partial charge in [0.05, 0.1) is 31.5 Å². The topological polar surface area (TPSA) is 119 Å². The van der Waals surface area contributed by atoms with E-state index in [1.807, 2.05) is 0 Å². The maximum Gasteiger partial charge on any atom is 0.328 e. The summed E-state index contributed by atoms with van der Waals surface area (Å²) in [6.45, 7) is 3.31. The first-order valence-corrected chi connectivity index (χ1v) is 6.07. The molecular formula is C11H20N2O6. The molecule has 1 aliphatic rings. The minimum absolute atomic E-state index is 0.179. The molecule has 4 unspecified atom stereocenters. The van der Waals surface area contributed by atoms with Gasteiger partial charge in [-0.1, -0.05) is 0 Å². The number of aliphatic hydroxyl groups is 2. The van der Waals surface area contributed by atoms with Crippen LogP contribution in [-0.2, 0) is 9.53 Å². The van der Waals surface area contributed by atoms with Gasteiger partial charge < -0.3 is 30.3 Å². The molecule has 1 rings (SSSR count). The van der Waals surface area contributed by atoms with E-state index in [-0.39, 0.29) is 19.3 Å². The van der Waals surface area contributed by atoms with Crippen LogP contribution in [0.15, 0.2) is 0 Å². The molecule has 19 heavy (non-hydrogen) atoms. The zero-order valence-electron chi connectivity index (χ0n) is 10.9. The molecule has 110 valence electrons. The number of carbonyl (C=O) groups excluding carboxylic acids is 1. The van der Waals surface area contributed by atoms with Crippen molar-refractivity contribution in [3.8, 4) is 0 Å². The molecule has 2 amide bonds. The molecule has 1 aliphatic heterocycles. The van der Waals surface area contributed by atoms with Gasteiger partial charge in [-0.05, 0) is 13.8 Å². The molecule has 1 heterocycles. The highest BCUT2D eigenvalue weighted by molar-refractivity contribution is 5.83. The highest BCUT2D eigenvalue weighted by Gasteiger charge is 2.31. The van der Waals surface area contributed by atoms with E-state index in [0.717, 1.165) is 0 Å². The van der Waals surface area contributed by atoms with Gasteiger partial charge in [0, 0.05) is 6.54 Å². The van der Waals surface area contributed by atoms with Gasteiger partial charge in [0.15, 0.2) is 6.04 Å². The lowest BCUT2D eigenvalue weighted by atomic mass is 10.2. The molecule has 1 fully saturated rings. The van der Waals surface area contributed by atoms with E-state index < -0.39 is 30.3 Å². The van der Waals surface area contributed by atoms with Crippen molar-refractivity contribution in [1.82, 2.24) is 10.2 Å². The normalized spacial score (nSPS) is 26.6. The molecule has 4 atom stereocenters. The van der Waals surface area contributed by atoms with Gasteiger partial charge in [-0.15, -0.1) is 0 Å². The molecule has 0 saturated carbocycles. The van der Waals surface area contributed by atoms with Gasteiger partial charge >= 0.3 is 12.0 Å². The Labute approximate surface area is 111 Å². The Kier molecular flexibility index (Phi) is 5.52. The average Bonchev–Trinajstić information content (AvgIpc) is 2.33. The number of morpholine rings is 1. The molecule has 0 aromatic carbocycles. The lowest BCUT2D eigenvalue weighted by Crippen LogP contribution is -2.57. The fourth-order valence-corrected chi connectivity index (χ4v) is 1.92. The first-order chi connectivity index (χ1) is 8.85. The monoisotopic (exact) mass is 276 g/mol. The molecule has 0 bridgehead atoms. The van der Waals surface area contributed by atoms with E-state index >= 15 is 0 Å². The number of carbonyl (C=O) groups is 2. The number of nitrogens with zero attached hydrogens (tertiary/aromatic N) is 1. The SMILES string of the molecule is CC1CN(C(=O)NC(C(=O)O)C(C)O)CC(CO)O1. The van der Waals surface area contributed by atoms with Crippen molar-refractivity contribution in [1.29, 1.82) is 0 Å². The number of nitrogens with one attached hydrogen (secondary N) is 1. The summed E-state index contributed by atoms with van der Waals surface area (Å²) in [5.74, 6) is -1.30. The largest absolute Gasteiger partial charge is 0.480 e. The fraction of sp³-hybridized carbons (Fsp3) is 0.818. The number of carboxylic acid groups (broad SMARTS) is 1. The summed E-state index contributed by atoms with van der Waals surface area (Å²) in [5, 5.41) is 29.5. The summed E-state index contributed by atoms with van der Waals surface area (Å²) < 4.78 is 5.38. The smallest absolute Gasteiger partial charge is 0.328 e. The van der Waals surface area contributed by atoms with Crippen LogP contribution in [0.4, 0.5) is 4.79 Å². The summed E-state index contributed by atoms with van der Waals surface area (Å²) in [4.78, 5) is 24.2. The van der Waals surface area contributed by atoms with E-state index in [2.05, 4.69) is 5.32 Å². The zero-order valence-corrected chi connectivity index (χ0v) is 10.9. The van der Waals surface area contributed by atoms with Crippen molar-refractivity contribution in [2.45, 2.75) is 38.2 Å². The molecular weight excluding hydrogens is 256 g/mol. The Bertz CT molecular complexity index is 335. The lowest BCUT2D eigenvalue weighted by Gasteiger charge is -2.36. The van der Waals surface area contributed by atoms with E-state index in [4.69, 9.17) is 14.9 Å². The Morgan fingerprint density at radius 2 is 2.11 bits per heavy atom. The van der Waals surface area contributed by atoms with E-state index in [9.17, 15) is 14.7 Å². The van der Waals surface area contributed by atoms with Crippen molar-refractivity contribution in [3.05, 3.63) is 0 Å². The average molecular weight is 276 g/mol. The Morgan fingerprint density at radius 1 is 1.47 bits per heavy atom. The van der Waals surface area contributed by atoms with E-state index in [0.29, 0.717) is 6.54 Å². The van der Waals surface area contributed by atoms with Crippen molar-refractivity contribution in [3.63, 3.8) is 0 Å². The number of aliphatic hydroxyl groups excluding tert-OH is 2. The van der Waals surface area contributed by atoms with Crippen LogP contribution >= 0.6 is 0 Å². The van der Waals surface area contributed by atoms with Crippen molar-refractivity contribution in [2.24, 2.45) is 0 Å². The minimum Gasteiger partial charge on any atom is -0.480 e. The van der Waals surface area contributed by atoms with Crippen LogP contribution in [0.3, 0.4) is 0 Å². The summed E-state index contributed by atoms with van der Waals surface area (Å²) in [7, 11) is 0. The van der Waals surface area contributed by atoms with Crippen LogP contribution in [0.25, 0.3) is 0 Å². The van der Waals surface area contributed by atoms with Crippen LogP contribution in [0.2, 0.25) is 0 Å². The number of carboxylic acids is 1. The molecule has 8 nitrogen and oxygen atoms in total. The van der Waals surface area contributed by atoms with E-state index in [1.54, 1.807) is 6.92 Å². The Morgan fingerprint density at radius 3 is 2.58 bits per heavy atom. The van der Waals surface area contributed by atoms with Crippen LogP contribution in [0.1, 0.15) is 13.8 Å². The zero-order chi connectivity index (χ0) is 14.6. The molecule has 8 heteroatoms. The van der Waals surface area contributed by atoms with Crippen LogP contribution in [0.5, 0.6) is 0 Å². The van der Waals surface area contributed by atoms with Crippen LogP contribution in [0, 0.1) is 0 Å². The molecule has 0 aliphatic carbocycles. The second kappa shape index (κ2) is 6.69. The highest BCUT2D eigenvalue weighted by atomic mass is 16.5. The van der Waals surface area contributed by atoms with E-state index in [1.165, 1.54) is 11.8 Å². The minimum atomic E-state index is -1.36. The second-order valence-electron chi connectivity index (χ2n) is 4.66. The molecule has 4 N–H and O–H groups in total. The third kappa shape index (κ3) is 4.34. The second-order valence-corrected chi connectivity index (χ2v) is 4.66. The standard InChI is InChI=1S/C11H20N2O6/c1-6-3-13(4-8(5-14)19-6)11(18)12-9(7(2)15)10(16)17/h6-9,14-15H,3-5H2,1-2H3,(H,12,18)(H,16,17). The maximum absolute atomic E-state index is 11.9. The van der Waals surface area contributed by atoms with Crippen molar-refractivity contribution >= 4 is 12.0 Å². The fourth-order valence-electron chi connectivity index (χ4n) is 1.92. The number of rotatable bonds is 4. The van der Waals surface area contributed by atoms with Gasteiger partial charge in [0.1, 0.15) is 0 Å². The predicted octanol–water partition coefficient (Wildman–Crippen LogP) is -1.39. The number of amides is 2. The molecule has 0 aromatic heterocycles. The predicted molar refractivity (Wildman–Crippen MR) is 64.6 cm³/mol. The van der Waals surface area contributed by atoms with Gasteiger partial charge in [-0.3, -0.25) is 0 Å². The number of aliphatic carboxylic acids is 1. The highest BCUT2D eigenvalue weighted by Crippen LogP contribution is 2.11. The van der Waals surface area contributed by atoms with Crippen molar-refractivity contribution in [2.75, 3.05) is 19.7 Å².